The largest absolute Gasteiger partial charge is 0.376 e. The molecule has 3 atom stereocenters. The van der Waals surface area contributed by atoms with Gasteiger partial charge in [0.15, 0.2) is 0 Å². The topological polar surface area (TPSA) is 82.2 Å². The van der Waals surface area contributed by atoms with Crippen LogP contribution in [-0.2, 0) is 19.1 Å². The molecule has 4 aliphatic rings. The van der Waals surface area contributed by atoms with Gasteiger partial charge in [0, 0.05) is 51.7 Å². The summed E-state index contributed by atoms with van der Waals surface area (Å²) in [6, 6.07) is -0.596. The van der Waals surface area contributed by atoms with Crippen LogP contribution in [0.1, 0.15) is 65.7 Å². The lowest BCUT2D eigenvalue weighted by molar-refractivity contribution is -0.144. The van der Waals surface area contributed by atoms with Crippen LogP contribution in [0.2, 0.25) is 0 Å². The van der Waals surface area contributed by atoms with Crippen molar-refractivity contribution in [2.75, 3.05) is 45.9 Å². The van der Waals surface area contributed by atoms with Gasteiger partial charge < -0.3 is 24.8 Å². The molecule has 4 rings (SSSR count). The van der Waals surface area contributed by atoms with E-state index in [1.165, 1.54) is 0 Å². The fraction of sp³-hybridized carbons (Fsp3) is 0.880. The first-order chi connectivity index (χ1) is 15.7. The average Bonchev–Trinajstić information content (AvgIpc) is 3.41. The monoisotopic (exact) mass is 462 g/mol. The number of rotatable bonds is 6. The maximum absolute atomic E-state index is 13.6. The highest BCUT2D eigenvalue weighted by molar-refractivity contribution is 5.90. The van der Waals surface area contributed by atoms with E-state index >= 15 is 0 Å². The number of hydrogen-bond donors (Lipinski definition) is 1. The maximum atomic E-state index is 13.6. The second kappa shape index (κ2) is 10.3. The van der Waals surface area contributed by atoms with Gasteiger partial charge in [-0.05, 0) is 50.5 Å². The Bertz CT molecular complexity index is 718. The molecule has 3 unspecified atom stereocenters. The lowest BCUT2D eigenvalue weighted by Gasteiger charge is -2.33. The van der Waals surface area contributed by atoms with Crippen LogP contribution in [0.3, 0.4) is 0 Å². The number of ether oxygens (including phenoxy) is 1. The van der Waals surface area contributed by atoms with Crippen LogP contribution < -0.4 is 5.32 Å². The summed E-state index contributed by atoms with van der Waals surface area (Å²) >= 11 is 0. The molecule has 3 aliphatic heterocycles. The van der Waals surface area contributed by atoms with Crippen molar-refractivity contribution in [3.05, 3.63) is 0 Å². The number of hydrogen-bond acceptors (Lipinski definition) is 5. The highest BCUT2D eigenvalue weighted by Gasteiger charge is 2.48. The molecule has 0 radical (unpaired) electrons. The molecule has 3 saturated heterocycles. The Morgan fingerprint density at radius 2 is 1.82 bits per heavy atom. The number of likely N-dealkylation sites (tertiary alicyclic amines) is 1. The van der Waals surface area contributed by atoms with Crippen molar-refractivity contribution in [3.8, 4) is 0 Å². The first-order valence-corrected chi connectivity index (χ1v) is 12.9. The summed E-state index contributed by atoms with van der Waals surface area (Å²) in [5.41, 5.74) is -0.123. The Hall–Kier alpha value is -1.67. The molecule has 0 aromatic rings. The van der Waals surface area contributed by atoms with Gasteiger partial charge in [-0.3, -0.25) is 14.4 Å². The second-order valence-corrected chi connectivity index (χ2v) is 11.5. The number of carbonyl (C=O) groups excluding carboxylic acids is 3. The van der Waals surface area contributed by atoms with Crippen molar-refractivity contribution in [3.63, 3.8) is 0 Å². The van der Waals surface area contributed by atoms with Gasteiger partial charge in [-0.15, -0.1) is 0 Å². The fourth-order valence-electron chi connectivity index (χ4n) is 5.38. The van der Waals surface area contributed by atoms with E-state index in [0.717, 1.165) is 58.3 Å². The predicted octanol–water partition coefficient (Wildman–Crippen LogP) is 1.63. The molecule has 3 heterocycles. The summed E-state index contributed by atoms with van der Waals surface area (Å²) in [4.78, 5) is 45.9. The Kier molecular flexibility index (Phi) is 7.63. The van der Waals surface area contributed by atoms with Gasteiger partial charge >= 0.3 is 0 Å². The average molecular weight is 463 g/mol. The molecule has 3 amide bonds. The number of carbonyl (C=O) groups is 3. The minimum Gasteiger partial charge on any atom is -0.376 e. The molecule has 1 N–H and O–H groups in total. The van der Waals surface area contributed by atoms with E-state index in [1.807, 2.05) is 14.7 Å². The second-order valence-electron chi connectivity index (χ2n) is 11.5. The maximum Gasteiger partial charge on any atom is 0.245 e. The van der Waals surface area contributed by atoms with Crippen molar-refractivity contribution >= 4 is 17.7 Å². The van der Waals surface area contributed by atoms with Crippen LogP contribution in [0.5, 0.6) is 0 Å². The van der Waals surface area contributed by atoms with Gasteiger partial charge in [0.05, 0.1) is 12.1 Å². The molecule has 0 aromatic carbocycles. The molecule has 0 bridgehead atoms. The highest BCUT2D eigenvalue weighted by Crippen LogP contribution is 2.36. The van der Waals surface area contributed by atoms with Gasteiger partial charge in [0.1, 0.15) is 6.04 Å². The summed E-state index contributed by atoms with van der Waals surface area (Å²) in [7, 11) is 0. The zero-order chi connectivity index (χ0) is 23.6. The van der Waals surface area contributed by atoms with Crippen LogP contribution in [0.15, 0.2) is 0 Å². The number of nitrogens with one attached hydrogen (secondary N) is 1. The third-order valence-electron chi connectivity index (χ3n) is 7.29. The van der Waals surface area contributed by atoms with Crippen molar-refractivity contribution in [2.45, 2.75) is 83.9 Å². The van der Waals surface area contributed by atoms with Crippen LogP contribution in [0.4, 0.5) is 0 Å². The van der Waals surface area contributed by atoms with Crippen molar-refractivity contribution in [2.24, 2.45) is 11.3 Å². The predicted molar refractivity (Wildman–Crippen MR) is 125 cm³/mol. The minimum absolute atomic E-state index is 0.0490. The lowest BCUT2D eigenvalue weighted by atomic mass is 9.91. The summed E-state index contributed by atoms with van der Waals surface area (Å²) < 4.78 is 5.87. The normalized spacial score (nSPS) is 28.6. The van der Waals surface area contributed by atoms with E-state index in [-0.39, 0.29) is 41.2 Å². The van der Waals surface area contributed by atoms with Gasteiger partial charge in [-0.2, -0.15) is 0 Å². The van der Waals surface area contributed by atoms with E-state index in [0.29, 0.717) is 32.5 Å². The van der Waals surface area contributed by atoms with Crippen LogP contribution in [-0.4, -0.2) is 96.5 Å². The van der Waals surface area contributed by atoms with Crippen molar-refractivity contribution in [1.29, 1.82) is 0 Å². The molecule has 0 aromatic heterocycles. The smallest absolute Gasteiger partial charge is 0.245 e. The molecule has 33 heavy (non-hydrogen) atoms. The van der Waals surface area contributed by atoms with Gasteiger partial charge in [-0.1, -0.05) is 20.8 Å². The quantitative estimate of drug-likeness (QED) is 0.649. The minimum atomic E-state index is -0.462. The van der Waals surface area contributed by atoms with Crippen LogP contribution >= 0.6 is 0 Å². The molecule has 8 heteroatoms. The molecule has 1 aliphatic carbocycles. The van der Waals surface area contributed by atoms with E-state index in [1.54, 1.807) is 0 Å². The van der Waals surface area contributed by atoms with Crippen molar-refractivity contribution in [1.82, 2.24) is 20.0 Å². The van der Waals surface area contributed by atoms with Gasteiger partial charge in [0.2, 0.25) is 17.7 Å². The first-order valence-electron chi connectivity index (χ1n) is 12.9. The van der Waals surface area contributed by atoms with E-state index in [2.05, 4.69) is 26.1 Å². The number of amides is 3. The van der Waals surface area contributed by atoms with E-state index in [9.17, 15) is 14.4 Å². The summed E-state index contributed by atoms with van der Waals surface area (Å²) in [6.45, 7) is 11.1. The number of nitrogens with zero attached hydrogens (tertiary/aromatic N) is 3. The Morgan fingerprint density at radius 1 is 1.03 bits per heavy atom. The van der Waals surface area contributed by atoms with Crippen LogP contribution in [0, 0.1) is 11.3 Å². The lowest BCUT2D eigenvalue weighted by Crippen LogP contribution is -2.49. The van der Waals surface area contributed by atoms with Gasteiger partial charge in [0.25, 0.3) is 0 Å². The molecule has 0 spiro atoms. The zero-order valence-electron chi connectivity index (χ0n) is 20.7. The Balaban J connectivity index is 1.53. The van der Waals surface area contributed by atoms with Gasteiger partial charge in [-0.25, -0.2) is 0 Å². The standard InChI is InChI=1S/C25H42N4O4/c1-25(2,3)15-22(30)28(17-20-6-4-13-33-20)19-14-21(29(16-19)23(31)18-7-8-18)24(32)27-11-5-9-26-10-12-27/h18-21,26H,4-17H2,1-3H3. The fourth-order valence-corrected chi connectivity index (χ4v) is 5.38. The van der Waals surface area contributed by atoms with E-state index < -0.39 is 6.04 Å². The van der Waals surface area contributed by atoms with Crippen molar-refractivity contribution < 1.29 is 19.1 Å². The molecule has 4 fully saturated rings. The summed E-state index contributed by atoms with van der Waals surface area (Å²) in [5, 5.41) is 3.35. The van der Waals surface area contributed by atoms with E-state index in [4.69, 9.17) is 4.74 Å². The summed E-state index contributed by atoms with van der Waals surface area (Å²) in [5.74, 6) is 0.315. The third kappa shape index (κ3) is 6.27. The molecule has 1 saturated carbocycles. The molecular weight excluding hydrogens is 420 g/mol. The summed E-state index contributed by atoms with van der Waals surface area (Å²) in [6.07, 6.45) is 5.76. The first kappa shape index (κ1) is 24.5. The molecular formula is C25H42N4O4. The highest BCUT2D eigenvalue weighted by atomic mass is 16.5. The molecule has 8 nitrogen and oxygen atoms in total. The zero-order valence-corrected chi connectivity index (χ0v) is 20.7. The molecule has 186 valence electrons. The van der Waals surface area contributed by atoms with Crippen LogP contribution in [0.25, 0.3) is 0 Å². The Morgan fingerprint density at radius 3 is 2.48 bits per heavy atom. The SMILES string of the molecule is CC(C)(C)CC(=O)N(CC1CCCO1)C1CC(C(=O)N2CCCNCC2)N(C(=O)C2CC2)C1. The third-order valence-corrected chi connectivity index (χ3v) is 7.29. The Labute approximate surface area is 198 Å².